The van der Waals surface area contributed by atoms with Crippen LogP contribution >= 0.6 is 11.3 Å². The minimum absolute atomic E-state index is 0.260. The van der Waals surface area contributed by atoms with E-state index in [4.69, 9.17) is 0 Å². The van der Waals surface area contributed by atoms with Crippen molar-refractivity contribution in [2.24, 2.45) is 11.8 Å². The minimum Gasteiger partial charge on any atom is -0.550 e. The van der Waals surface area contributed by atoms with Gasteiger partial charge in [0.25, 0.3) is 0 Å². The first-order valence-corrected chi connectivity index (χ1v) is 8.25. The van der Waals surface area contributed by atoms with Gasteiger partial charge in [0.1, 0.15) is 0 Å². The second-order valence-corrected chi connectivity index (χ2v) is 6.83. The average molecular weight is 317 g/mol. The number of nitrogens with zero attached hydrogens (tertiary/aromatic N) is 1. The molecule has 0 bridgehead atoms. The highest BCUT2D eigenvalue weighted by atomic mass is 32.1. The molecule has 1 saturated carbocycles. The van der Waals surface area contributed by atoms with Crippen LogP contribution in [0.15, 0.2) is 18.2 Å². The number of carbonyl (C=O) groups is 2. The summed E-state index contributed by atoms with van der Waals surface area (Å²) in [6.07, 6.45) is 2.82. The van der Waals surface area contributed by atoms with Crippen molar-refractivity contribution in [1.82, 2.24) is 4.98 Å². The Morgan fingerprint density at radius 1 is 1.27 bits per heavy atom. The van der Waals surface area contributed by atoms with Crippen LogP contribution in [0.4, 0.5) is 5.13 Å². The van der Waals surface area contributed by atoms with Crippen molar-refractivity contribution in [3.05, 3.63) is 23.8 Å². The lowest BCUT2D eigenvalue weighted by molar-refractivity contribution is -0.313. The van der Waals surface area contributed by atoms with Gasteiger partial charge in [-0.2, -0.15) is 0 Å². The fourth-order valence-corrected chi connectivity index (χ4v) is 3.98. The van der Waals surface area contributed by atoms with E-state index in [1.807, 2.05) is 25.1 Å². The monoisotopic (exact) mass is 317 g/mol. The molecule has 0 saturated heterocycles. The molecule has 116 valence electrons. The molecule has 1 heterocycles. The van der Waals surface area contributed by atoms with Crippen LogP contribution in [-0.2, 0) is 9.59 Å². The van der Waals surface area contributed by atoms with Gasteiger partial charge < -0.3 is 15.2 Å². The van der Waals surface area contributed by atoms with Crippen molar-refractivity contribution >= 4 is 38.6 Å². The quantitative estimate of drug-likeness (QED) is 0.940. The number of hydrogen-bond acceptors (Lipinski definition) is 5. The zero-order valence-electron chi connectivity index (χ0n) is 12.3. The number of rotatable bonds is 3. The molecule has 0 unspecified atom stereocenters. The second kappa shape index (κ2) is 6.04. The maximum absolute atomic E-state index is 12.4. The van der Waals surface area contributed by atoms with E-state index in [9.17, 15) is 14.7 Å². The minimum atomic E-state index is -1.13. The first-order valence-electron chi connectivity index (χ1n) is 7.43. The zero-order valence-corrected chi connectivity index (χ0v) is 13.1. The van der Waals surface area contributed by atoms with Gasteiger partial charge in [-0.3, -0.25) is 4.79 Å². The van der Waals surface area contributed by atoms with E-state index >= 15 is 0 Å². The average Bonchev–Trinajstić information content (AvgIpc) is 2.88. The first-order chi connectivity index (χ1) is 10.5. The molecule has 22 heavy (non-hydrogen) atoms. The molecule has 2 atom stereocenters. The van der Waals surface area contributed by atoms with E-state index in [0.29, 0.717) is 18.0 Å². The lowest BCUT2D eigenvalue weighted by Gasteiger charge is -2.30. The Labute approximate surface area is 132 Å². The topological polar surface area (TPSA) is 82.1 Å². The summed E-state index contributed by atoms with van der Waals surface area (Å²) in [4.78, 5) is 28.0. The molecule has 3 rings (SSSR count). The first kappa shape index (κ1) is 15.0. The summed E-state index contributed by atoms with van der Waals surface area (Å²) in [5.74, 6) is -2.60. The molecule has 1 amide bonds. The van der Waals surface area contributed by atoms with Crippen molar-refractivity contribution in [2.45, 2.75) is 32.6 Å². The Bertz CT molecular complexity index is 725. The Morgan fingerprint density at radius 3 is 2.73 bits per heavy atom. The number of thiazole rings is 1. The van der Waals surface area contributed by atoms with E-state index < -0.39 is 17.8 Å². The fourth-order valence-electron chi connectivity index (χ4n) is 3.01. The summed E-state index contributed by atoms with van der Waals surface area (Å²) in [6.45, 7) is 2.00. The second-order valence-electron chi connectivity index (χ2n) is 5.80. The summed E-state index contributed by atoms with van der Waals surface area (Å²) in [5, 5.41) is 14.5. The van der Waals surface area contributed by atoms with Crippen LogP contribution in [0, 0.1) is 18.8 Å². The van der Waals surface area contributed by atoms with Gasteiger partial charge in [0, 0.05) is 17.8 Å². The largest absolute Gasteiger partial charge is 0.550 e. The van der Waals surface area contributed by atoms with Crippen molar-refractivity contribution in [3.8, 4) is 0 Å². The fraction of sp³-hybridized carbons (Fsp3) is 0.438. The van der Waals surface area contributed by atoms with Crippen molar-refractivity contribution in [3.63, 3.8) is 0 Å². The van der Waals surface area contributed by atoms with E-state index in [2.05, 4.69) is 10.3 Å². The normalized spacial score (nSPS) is 21.7. The predicted molar refractivity (Wildman–Crippen MR) is 83.4 cm³/mol. The molecule has 1 N–H and O–H groups in total. The molecule has 1 aromatic heterocycles. The predicted octanol–water partition coefficient (Wildman–Crippen LogP) is 2.10. The highest BCUT2D eigenvalue weighted by Gasteiger charge is 2.32. The third-order valence-electron chi connectivity index (χ3n) is 4.18. The number of carbonyl (C=O) groups excluding carboxylic acids is 2. The summed E-state index contributed by atoms with van der Waals surface area (Å²) < 4.78 is 1.01. The van der Waals surface area contributed by atoms with Crippen LogP contribution in [-0.4, -0.2) is 16.9 Å². The number of carboxylic acids is 1. The molecule has 5 nitrogen and oxygen atoms in total. The number of carboxylic acid groups (broad SMARTS) is 1. The van der Waals surface area contributed by atoms with Crippen LogP contribution < -0.4 is 10.4 Å². The molecule has 1 aliphatic carbocycles. The van der Waals surface area contributed by atoms with Crippen LogP contribution in [0.5, 0.6) is 0 Å². The lowest BCUT2D eigenvalue weighted by atomic mass is 9.79. The Balaban J connectivity index is 1.78. The van der Waals surface area contributed by atoms with Gasteiger partial charge in [-0.05, 0) is 37.5 Å². The van der Waals surface area contributed by atoms with Crippen molar-refractivity contribution in [2.75, 3.05) is 5.32 Å². The SMILES string of the molecule is Cc1ccc2nc(NC(=O)[C@@H]3CCCC[C@H]3C(=O)[O-])sc2c1. The number of aryl methyl sites for hydroxylation is 1. The number of aromatic nitrogens is 1. The van der Waals surface area contributed by atoms with Gasteiger partial charge in [0.15, 0.2) is 5.13 Å². The summed E-state index contributed by atoms with van der Waals surface area (Å²) in [5.41, 5.74) is 1.98. The molecule has 0 spiro atoms. The van der Waals surface area contributed by atoms with Crippen LogP contribution in [0.3, 0.4) is 0 Å². The molecule has 0 aliphatic heterocycles. The highest BCUT2D eigenvalue weighted by Crippen LogP contribution is 2.32. The Morgan fingerprint density at radius 2 is 2.00 bits per heavy atom. The molecule has 1 aromatic carbocycles. The number of fused-ring (bicyclic) bond motifs is 1. The van der Waals surface area contributed by atoms with E-state index in [1.54, 1.807) is 0 Å². The summed E-state index contributed by atoms with van der Waals surface area (Å²) >= 11 is 1.41. The molecule has 0 radical (unpaired) electrons. The van der Waals surface area contributed by atoms with Crippen LogP contribution in [0.2, 0.25) is 0 Å². The lowest BCUT2D eigenvalue weighted by Crippen LogP contribution is -2.42. The Hall–Kier alpha value is -1.95. The van der Waals surface area contributed by atoms with E-state index in [-0.39, 0.29) is 5.91 Å². The maximum Gasteiger partial charge on any atom is 0.229 e. The van der Waals surface area contributed by atoms with Gasteiger partial charge >= 0.3 is 0 Å². The van der Waals surface area contributed by atoms with Crippen LogP contribution in [0.25, 0.3) is 10.2 Å². The van der Waals surface area contributed by atoms with Crippen molar-refractivity contribution in [1.29, 1.82) is 0 Å². The number of benzene rings is 1. The highest BCUT2D eigenvalue weighted by molar-refractivity contribution is 7.22. The number of amides is 1. The third-order valence-corrected chi connectivity index (χ3v) is 5.11. The number of nitrogens with one attached hydrogen (secondary N) is 1. The van der Waals surface area contributed by atoms with Crippen molar-refractivity contribution < 1.29 is 14.7 Å². The summed E-state index contributed by atoms with van der Waals surface area (Å²) in [6, 6.07) is 5.91. The number of hydrogen-bond donors (Lipinski definition) is 1. The number of aliphatic carboxylic acids is 1. The van der Waals surface area contributed by atoms with Crippen LogP contribution in [0.1, 0.15) is 31.2 Å². The van der Waals surface area contributed by atoms with Gasteiger partial charge in [-0.1, -0.05) is 30.2 Å². The summed E-state index contributed by atoms with van der Waals surface area (Å²) in [7, 11) is 0. The smallest absolute Gasteiger partial charge is 0.229 e. The molecule has 1 fully saturated rings. The van der Waals surface area contributed by atoms with Gasteiger partial charge in [-0.15, -0.1) is 0 Å². The number of anilines is 1. The molecular formula is C16H17N2O3S-. The van der Waals surface area contributed by atoms with E-state index in [1.165, 1.54) is 11.3 Å². The maximum atomic E-state index is 12.4. The third kappa shape index (κ3) is 2.97. The van der Waals surface area contributed by atoms with E-state index in [0.717, 1.165) is 28.6 Å². The van der Waals surface area contributed by atoms with Gasteiger partial charge in [0.05, 0.1) is 10.2 Å². The van der Waals surface area contributed by atoms with Gasteiger partial charge in [0.2, 0.25) is 5.91 Å². The standard InChI is InChI=1S/C16H18N2O3S/c1-9-6-7-12-13(8-9)22-16(17-12)18-14(19)10-4-2-3-5-11(10)15(20)21/h6-8,10-11H,2-5H2,1H3,(H,20,21)(H,17,18,19)/p-1/t10-,11-/m1/s1. The Kier molecular flexibility index (Phi) is 4.11. The zero-order chi connectivity index (χ0) is 15.7. The molecule has 2 aromatic rings. The molecule has 6 heteroatoms. The molecule has 1 aliphatic rings. The molecular weight excluding hydrogens is 300 g/mol. The van der Waals surface area contributed by atoms with Gasteiger partial charge in [-0.25, -0.2) is 4.98 Å².